The van der Waals surface area contributed by atoms with Gasteiger partial charge in [-0.1, -0.05) is 0 Å². The van der Waals surface area contributed by atoms with Crippen molar-refractivity contribution < 1.29 is 19.4 Å². The van der Waals surface area contributed by atoms with Crippen molar-refractivity contribution in [1.29, 1.82) is 0 Å². The Morgan fingerprint density at radius 1 is 1.11 bits per heavy atom. The van der Waals surface area contributed by atoms with E-state index in [9.17, 15) is 14.7 Å². The number of likely N-dealkylation sites (tertiary alicyclic amines) is 1. The van der Waals surface area contributed by atoms with Crippen LogP contribution in [0.4, 0.5) is 0 Å². The summed E-state index contributed by atoms with van der Waals surface area (Å²) in [5.74, 6) is 0.0438. The van der Waals surface area contributed by atoms with Crippen molar-refractivity contribution in [2.75, 3.05) is 20.2 Å². The van der Waals surface area contributed by atoms with E-state index in [4.69, 9.17) is 4.74 Å². The van der Waals surface area contributed by atoms with Crippen LogP contribution >= 0.6 is 0 Å². The Labute approximate surface area is 164 Å². The summed E-state index contributed by atoms with van der Waals surface area (Å²) < 4.78 is 7.27. The van der Waals surface area contributed by atoms with E-state index in [1.165, 1.54) is 0 Å². The van der Waals surface area contributed by atoms with Gasteiger partial charge in [-0.05, 0) is 68.9 Å². The molecule has 4 rings (SSSR count). The Kier molecular flexibility index (Phi) is 4.65. The van der Waals surface area contributed by atoms with Gasteiger partial charge in [-0.2, -0.15) is 0 Å². The number of amides is 1. The maximum atomic E-state index is 13.2. The molecule has 2 aliphatic rings. The number of ether oxygens (including phenoxy) is 1. The molecule has 0 bridgehead atoms. The number of aliphatic carboxylic acids is 1. The van der Waals surface area contributed by atoms with E-state index in [0.29, 0.717) is 24.6 Å². The highest BCUT2D eigenvalue weighted by Crippen LogP contribution is 2.44. The number of carboxylic acids is 1. The topological polar surface area (TPSA) is 71.8 Å². The van der Waals surface area contributed by atoms with Crippen LogP contribution in [-0.4, -0.2) is 46.6 Å². The molecule has 1 saturated carbocycles. The molecule has 148 valence electrons. The van der Waals surface area contributed by atoms with E-state index in [1.54, 1.807) is 12.0 Å². The summed E-state index contributed by atoms with van der Waals surface area (Å²) in [5, 5.41) is 9.57. The van der Waals surface area contributed by atoms with Gasteiger partial charge >= 0.3 is 5.97 Å². The maximum absolute atomic E-state index is 13.2. The number of benzene rings is 1. The lowest BCUT2D eigenvalue weighted by atomic mass is 9.92. The first-order chi connectivity index (χ1) is 13.4. The van der Waals surface area contributed by atoms with Crippen molar-refractivity contribution in [1.82, 2.24) is 9.47 Å². The zero-order valence-corrected chi connectivity index (χ0v) is 16.5. The predicted molar refractivity (Wildman–Crippen MR) is 105 cm³/mol. The molecule has 28 heavy (non-hydrogen) atoms. The molecule has 1 saturated heterocycles. The number of hydrogen-bond donors (Lipinski definition) is 1. The molecule has 1 aliphatic carbocycles. The number of nitrogens with zero attached hydrogens (tertiary/aromatic N) is 2. The zero-order chi connectivity index (χ0) is 20.0. The van der Waals surface area contributed by atoms with Crippen molar-refractivity contribution in [3.05, 3.63) is 47.3 Å². The molecule has 1 aromatic heterocycles. The van der Waals surface area contributed by atoms with E-state index in [0.717, 1.165) is 35.7 Å². The minimum Gasteiger partial charge on any atom is -0.497 e. The van der Waals surface area contributed by atoms with Gasteiger partial charge in [0, 0.05) is 30.2 Å². The third kappa shape index (κ3) is 3.17. The number of carbonyl (C=O) groups is 2. The molecule has 1 N–H and O–H groups in total. The molecule has 1 amide bonds. The quantitative estimate of drug-likeness (QED) is 0.861. The predicted octanol–water partition coefficient (Wildman–Crippen LogP) is 3.29. The Bertz CT molecular complexity index is 911. The summed E-state index contributed by atoms with van der Waals surface area (Å²) in [6.07, 6.45) is 2.17. The van der Waals surface area contributed by atoms with E-state index in [2.05, 4.69) is 4.57 Å². The molecular formula is C22H26N2O4. The summed E-state index contributed by atoms with van der Waals surface area (Å²) >= 11 is 0. The normalized spacial score (nSPS) is 21.8. The Morgan fingerprint density at radius 3 is 2.36 bits per heavy atom. The maximum Gasteiger partial charge on any atom is 0.308 e. The van der Waals surface area contributed by atoms with Crippen LogP contribution in [0.25, 0.3) is 5.69 Å². The summed E-state index contributed by atoms with van der Waals surface area (Å²) in [7, 11) is 1.63. The third-order valence-electron chi connectivity index (χ3n) is 6.19. The van der Waals surface area contributed by atoms with E-state index in [-0.39, 0.29) is 11.8 Å². The van der Waals surface area contributed by atoms with Gasteiger partial charge in [0.1, 0.15) is 5.75 Å². The van der Waals surface area contributed by atoms with Gasteiger partial charge in [0.2, 0.25) is 0 Å². The molecular weight excluding hydrogens is 356 g/mol. The highest BCUT2D eigenvalue weighted by atomic mass is 16.5. The van der Waals surface area contributed by atoms with Crippen LogP contribution in [-0.2, 0) is 4.79 Å². The minimum absolute atomic E-state index is 0.0674. The van der Waals surface area contributed by atoms with Crippen LogP contribution in [0.15, 0.2) is 30.3 Å². The fraction of sp³-hybridized carbons (Fsp3) is 0.455. The van der Waals surface area contributed by atoms with Crippen LogP contribution < -0.4 is 4.74 Å². The SMILES string of the molecule is COc1ccc(-n2c(C)cc(C(=O)N3C[C@H](C(=O)O)[C@@H](C4CC4)C3)c2C)cc1. The fourth-order valence-corrected chi connectivity index (χ4v) is 4.54. The summed E-state index contributed by atoms with van der Waals surface area (Å²) in [4.78, 5) is 26.6. The molecule has 1 aromatic carbocycles. The molecule has 1 aliphatic heterocycles. The Balaban J connectivity index is 1.61. The first-order valence-corrected chi connectivity index (χ1v) is 9.76. The summed E-state index contributed by atoms with van der Waals surface area (Å²) in [6, 6.07) is 9.63. The summed E-state index contributed by atoms with van der Waals surface area (Å²) in [6.45, 7) is 4.77. The molecule has 2 aromatic rings. The molecule has 2 atom stereocenters. The van der Waals surface area contributed by atoms with Gasteiger partial charge < -0.3 is 19.3 Å². The number of aromatic nitrogens is 1. The van der Waals surface area contributed by atoms with Crippen molar-refractivity contribution in [2.45, 2.75) is 26.7 Å². The molecule has 0 spiro atoms. The number of methoxy groups -OCH3 is 1. The molecule has 2 heterocycles. The van der Waals surface area contributed by atoms with Crippen molar-refractivity contribution in [3.8, 4) is 11.4 Å². The molecule has 0 unspecified atom stereocenters. The highest BCUT2D eigenvalue weighted by molar-refractivity contribution is 5.96. The lowest BCUT2D eigenvalue weighted by Crippen LogP contribution is -2.30. The summed E-state index contributed by atoms with van der Waals surface area (Å²) in [5.41, 5.74) is 3.46. The minimum atomic E-state index is -0.782. The van der Waals surface area contributed by atoms with Crippen LogP contribution in [0.3, 0.4) is 0 Å². The lowest BCUT2D eigenvalue weighted by molar-refractivity contribution is -0.142. The van der Waals surface area contributed by atoms with Gasteiger partial charge in [0.25, 0.3) is 5.91 Å². The van der Waals surface area contributed by atoms with E-state index < -0.39 is 11.9 Å². The van der Waals surface area contributed by atoms with Gasteiger partial charge in [0.15, 0.2) is 0 Å². The van der Waals surface area contributed by atoms with Gasteiger partial charge in [-0.25, -0.2) is 0 Å². The second-order valence-electron chi connectivity index (χ2n) is 7.97. The highest BCUT2D eigenvalue weighted by Gasteiger charge is 2.47. The van der Waals surface area contributed by atoms with Crippen molar-refractivity contribution >= 4 is 11.9 Å². The van der Waals surface area contributed by atoms with Crippen LogP contribution in [0, 0.1) is 31.6 Å². The van der Waals surface area contributed by atoms with Crippen LogP contribution in [0.5, 0.6) is 5.75 Å². The number of aryl methyl sites for hydroxylation is 1. The molecule has 6 nitrogen and oxygen atoms in total. The average molecular weight is 382 g/mol. The lowest BCUT2D eigenvalue weighted by Gasteiger charge is -2.17. The number of carboxylic acid groups (broad SMARTS) is 1. The first-order valence-electron chi connectivity index (χ1n) is 9.76. The van der Waals surface area contributed by atoms with Crippen molar-refractivity contribution in [3.63, 3.8) is 0 Å². The zero-order valence-electron chi connectivity index (χ0n) is 16.5. The van der Waals surface area contributed by atoms with Gasteiger partial charge in [0.05, 0.1) is 18.6 Å². The van der Waals surface area contributed by atoms with Crippen LogP contribution in [0.1, 0.15) is 34.6 Å². The molecule has 0 radical (unpaired) electrons. The smallest absolute Gasteiger partial charge is 0.308 e. The molecule has 2 fully saturated rings. The van der Waals surface area contributed by atoms with Gasteiger partial charge in [-0.3, -0.25) is 9.59 Å². The first kappa shape index (κ1) is 18.6. The Hall–Kier alpha value is -2.76. The Morgan fingerprint density at radius 2 is 1.79 bits per heavy atom. The van der Waals surface area contributed by atoms with Crippen molar-refractivity contribution in [2.24, 2.45) is 17.8 Å². The largest absolute Gasteiger partial charge is 0.497 e. The van der Waals surface area contributed by atoms with Crippen LogP contribution in [0.2, 0.25) is 0 Å². The van der Waals surface area contributed by atoms with E-state index in [1.807, 2.05) is 44.2 Å². The fourth-order valence-electron chi connectivity index (χ4n) is 4.54. The van der Waals surface area contributed by atoms with E-state index >= 15 is 0 Å². The third-order valence-corrected chi connectivity index (χ3v) is 6.19. The standard InChI is InChI=1S/C22H26N2O4/c1-13-10-18(14(2)24(13)16-6-8-17(28-3)9-7-16)21(25)23-11-19(15-4-5-15)20(12-23)22(26)27/h6-10,15,19-20H,4-5,11-12H2,1-3H3,(H,26,27)/t19-,20+/m1/s1. The second-order valence-corrected chi connectivity index (χ2v) is 7.97. The number of hydrogen-bond acceptors (Lipinski definition) is 3. The van der Waals surface area contributed by atoms with Gasteiger partial charge in [-0.15, -0.1) is 0 Å². The second kappa shape index (κ2) is 7.00. The monoisotopic (exact) mass is 382 g/mol. The average Bonchev–Trinajstić information content (AvgIpc) is 3.36. The number of carbonyl (C=O) groups excluding carboxylic acids is 1. The molecule has 6 heteroatoms. The number of rotatable bonds is 5.